The second-order valence-electron chi connectivity index (χ2n) is 6.90. The number of hydrogen-bond donors (Lipinski definition) is 1. The van der Waals surface area contributed by atoms with Gasteiger partial charge >= 0.3 is 18.2 Å². The summed E-state index contributed by atoms with van der Waals surface area (Å²) in [6.45, 7) is 1.57. The summed E-state index contributed by atoms with van der Waals surface area (Å²) in [5, 5.41) is 2.49. The molecular formula is C22H21F3N2O3. The molecule has 0 aromatic heterocycles. The highest BCUT2D eigenvalue weighted by atomic mass is 19.4. The Balaban J connectivity index is 1.91. The molecule has 0 spiro atoms. The van der Waals surface area contributed by atoms with Gasteiger partial charge < -0.3 is 15.0 Å². The van der Waals surface area contributed by atoms with Crippen molar-refractivity contribution in [3.63, 3.8) is 0 Å². The molecule has 1 unspecified atom stereocenters. The number of esters is 1. The Morgan fingerprint density at radius 3 is 2.40 bits per heavy atom. The van der Waals surface area contributed by atoms with Crippen molar-refractivity contribution < 1.29 is 27.5 Å². The molecule has 158 valence electrons. The molecule has 0 saturated carbocycles. The minimum atomic E-state index is -4.64. The Hall–Kier alpha value is -3.29. The summed E-state index contributed by atoms with van der Waals surface area (Å²) in [5.41, 5.74) is 0.0550. The summed E-state index contributed by atoms with van der Waals surface area (Å²) in [6.07, 6.45) is -4.17. The van der Waals surface area contributed by atoms with E-state index in [4.69, 9.17) is 4.74 Å². The van der Waals surface area contributed by atoms with E-state index in [0.717, 1.165) is 11.6 Å². The molecule has 2 aromatic rings. The maximum atomic E-state index is 13.5. The lowest BCUT2D eigenvalue weighted by Crippen LogP contribution is -2.46. The molecule has 8 heteroatoms. The van der Waals surface area contributed by atoms with E-state index >= 15 is 0 Å². The van der Waals surface area contributed by atoms with Crippen molar-refractivity contribution in [3.05, 3.63) is 82.6 Å². The van der Waals surface area contributed by atoms with Crippen LogP contribution < -0.4 is 5.32 Å². The number of benzene rings is 2. The average molecular weight is 418 g/mol. The van der Waals surface area contributed by atoms with E-state index in [1.807, 2.05) is 30.3 Å². The van der Waals surface area contributed by atoms with E-state index < -0.39 is 29.8 Å². The van der Waals surface area contributed by atoms with Crippen LogP contribution in [0.15, 0.2) is 65.9 Å². The van der Waals surface area contributed by atoms with Gasteiger partial charge in [-0.1, -0.05) is 48.5 Å². The predicted molar refractivity (Wildman–Crippen MR) is 104 cm³/mol. The lowest BCUT2D eigenvalue weighted by molar-refractivity contribution is -0.141. The smallest absolute Gasteiger partial charge is 0.416 e. The predicted octanol–water partition coefficient (Wildman–Crippen LogP) is 4.46. The molecule has 1 aliphatic rings. The van der Waals surface area contributed by atoms with Crippen molar-refractivity contribution in [1.29, 1.82) is 0 Å². The van der Waals surface area contributed by atoms with Crippen LogP contribution in [0.1, 0.15) is 29.7 Å². The Morgan fingerprint density at radius 1 is 1.10 bits per heavy atom. The fourth-order valence-electron chi connectivity index (χ4n) is 3.32. The van der Waals surface area contributed by atoms with Gasteiger partial charge in [0.2, 0.25) is 0 Å². The number of ether oxygens (including phenoxy) is 1. The van der Waals surface area contributed by atoms with Gasteiger partial charge in [-0.15, -0.1) is 0 Å². The van der Waals surface area contributed by atoms with E-state index in [1.165, 1.54) is 37.1 Å². The van der Waals surface area contributed by atoms with Gasteiger partial charge in [-0.2, -0.15) is 13.2 Å². The number of carbonyl (C=O) groups excluding carboxylic acids is 2. The third-order valence-electron chi connectivity index (χ3n) is 5.02. The highest BCUT2D eigenvalue weighted by molar-refractivity contribution is 5.95. The molecule has 1 N–H and O–H groups in total. The van der Waals surface area contributed by atoms with Crippen molar-refractivity contribution in [2.75, 3.05) is 13.7 Å². The normalized spacial score (nSPS) is 17.0. The maximum absolute atomic E-state index is 13.5. The van der Waals surface area contributed by atoms with Crippen LogP contribution in [0.25, 0.3) is 0 Å². The van der Waals surface area contributed by atoms with Crippen molar-refractivity contribution in [2.24, 2.45) is 0 Å². The molecular weight excluding hydrogens is 397 g/mol. The lowest BCUT2D eigenvalue weighted by atomic mass is 9.91. The zero-order chi connectivity index (χ0) is 21.9. The monoisotopic (exact) mass is 418 g/mol. The molecule has 0 radical (unpaired) electrons. The summed E-state index contributed by atoms with van der Waals surface area (Å²) in [6, 6.07) is 12.4. The standard InChI is InChI=1S/C22H21F3N2O3/c1-14-18(20(28)30-13-12-15-8-4-3-5-9-15)19(26-21(29)27(14)2)16-10-6-7-11-17(16)22(23,24)25/h3-11,19H,12-13H2,1-2H3,(H,26,29). The van der Waals surface area contributed by atoms with Crippen LogP contribution in [0.3, 0.4) is 0 Å². The molecule has 2 aromatic carbocycles. The lowest BCUT2D eigenvalue weighted by Gasteiger charge is -2.34. The molecule has 0 bridgehead atoms. The molecule has 1 atom stereocenters. The van der Waals surface area contributed by atoms with Crippen LogP contribution in [-0.4, -0.2) is 30.6 Å². The maximum Gasteiger partial charge on any atom is 0.416 e. The average Bonchev–Trinajstić information content (AvgIpc) is 2.72. The zero-order valence-electron chi connectivity index (χ0n) is 16.5. The van der Waals surface area contributed by atoms with Crippen LogP contribution in [0.2, 0.25) is 0 Å². The van der Waals surface area contributed by atoms with E-state index in [0.29, 0.717) is 6.42 Å². The molecule has 2 amide bonds. The van der Waals surface area contributed by atoms with Crippen LogP contribution in [0.5, 0.6) is 0 Å². The number of allylic oxidation sites excluding steroid dienone is 1. The fraction of sp³-hybridized carbons (Fsp3) is 0.273. The molecule has 30 heavy (non-hydrogen) atoms. The Morgan fingerprint density at radius 2 is 1.73 bits per heavy atom. The van der Waals surface area contributed by atoms with Gasteiger partial charge in [-0.3, -0.25) is 0 Å². The van der Waals surface area contributed by atoms with Gasteiger partial charge in [0.1, 0.15) is 0 Å². The van der Waals surface area contributed by atoms with Gasteiger partial charge in [0, 0.05) is 19.2 Å². The fourth-order valence-corrected chi connectivity index (χ4v) is 3.32. The van der Waals surface area contributed by atoms with E-state index in [1.54, 1.807) is 0 Å². The summed E-state index contributed by atoms with van der Waals surface area (Å²) >= 11 is 0. The molecule has 1 heterocycles. The van der Waals surface area contributed by atoms with Crippen molar-refractivity contribution in [2.45, 2.75) is 25.6 Å². The van der Waals surface area contributed by atoms with Crippen molar-refractivity contribution in [1.82, 2.24) is 10.2 Å². The minimum absolute atomic E-state index is 0.0261. The summed E-state index contributed by atoms with van der Waals surface area (Å²) in [4.78, 5) is 26.3. The second-order valence-corrected chi connectivity index (χ2v) is 6.90. The first-order chi connectivity index (χ1) is 14.2. The minimum Gasteiger partial charge on any atom is -0.462 e. The zero-order valence-corrected chi connectivity index (χ0v) is 16.5. The number of nitrogens with zero attached hydrogens (tertiary/aromatic N) is 1. The van der Waals surface area contributed by atoms with E-state index in [-0.39, 0.29) is 23.4 Å². The molecule has 5 nitrogen and oxygen atoms in total. The summed E-state index contributed by atoms with van der Waals surface area (Å²) in [5.74, 6) is -0.766. The summed E-state index contributed by atoms with van der Waals surface area (Å²) < 4.78 is 46.0. The van der Waals surface area contributed by atoms with E-state index in [9.17, 15) is 22.8 Å². The largest absolute Gasteiger partial charge is 0.462 e. The molecule has 0 saturated heterocycles. The SMILES string of the molecule is CC1=C(C(=O)OCCc2ccccc2)C(c2ccccc2C(F)(F)F)NC(=O)N1C. The number of amides is 2. The van der Waals surface area contributed by atoms with Gasteiger partial charge in [0.25, 0.3) is 0 Å². The van der Waals surface area contributed by atoms with Crippen LogP contribution in [0, 0.1) is 0 Å². The third-order valence-corrected chi connectivity index (χ3v) is 5.02. The number of hydrogen-bond acceptors (Lipinski definition) is 3. The Bertz CT molecular complexity index is 971. The number of urea groups is 1. The number of rotatable bonds is 5. The summed E-state index contributed by atoms with van der Waals surface area (Å²) in [7, 11) is 1.44. The molecule has 0 aliphatic carbocycles. The Labute approximate surface area is 172 Å². The quantitative estimate of drug-likeness (QED) is 0.730. The van der Waals surface area contributed by atoms with E-state index in [2.05, 4.69) is 5.32 Å². The van der Waals surface area contributed by atoms with Crippen molar-refractivity contribution in [3.8, 4) is 0 Å². The van der Waals surface area contributed by atoms with Crippen molar-refractivity contribution >= 4 is 12.0 Å². The highest BCUT2D eigenvalue weighted by Crippen LogP contribution is 2.39. The number of halogens is 3. The number of carbonyl (C=O) groups is 2. The first-order valence-electron chi connectivity index (χ1n) is 9.32. The van der Waals surface area contributed by atoms with Gasteiger partial charge in [-0.05, 0) is 24.1 Å². The first-order valence-corrected chi connectivity index (χ1v) is 9.32. The van der Waals surface area contributed by atoms with Gasteiger partial charge in [0.15, 0.2) is 0 Å². The molecule has 1 aliphatic heterocycles. The van der Waals surface area contributed by atoms with Gasteiger partial charge in [-0.25, -0.2) is 9.59 Å². The number of alkyl halides is 3. The van der Waals surface area contributed by atoms with Crippen LogP contribution in [0.4, 0.5) is 18.0 Å². The van der Waals surface area contributed by atoms with Gasteiger partial charge in [0.05, 0.1) is 23.8 Å². The molecule has 3 rings (SSSR count). The first kappa shape index (κ1) is 21.4. The Kier molecular flexibility index (Phi) is 6.14. The van der Waals surface area contributed by atoms with Crippen LogP contribution in [-0.2, 0) is 22.1 Å². The second kappa shape index (κ2) is 8.61. The highest BCUT2D eigenvalue weighted by Gasteiger charge is 2.41. The molecule has 0 fully saturated rings. The topological polar surface area (TPSA) is 58.6 Å². The third kappa shape index (κ3) is 4.48. The number of nitrogens with one attached hydrogen (secondary N) is 1. The van der Waals surface area contributed by atoms with Crippen LogP contribution >= 0.6 is 0 Å².